The number of tetrazole rings is 1. The zero-order valence-corrected chi connectivity index (χ0v) is 10.8. The highest BCUT2D eigenvalue weighted by Gasteiger charge is 2.24. The third kappa shape index (κ3) is 2.44. The van der Waals surface area contributed by atoms with Gasteiger partial charge in [-0.25, -0.2) is 9.18 Å². The molecule has 0 saturated carbocycles. The van der Waals surface area contributed by atoms with Gasteiger partial charge in [-0.3, -0.25) is 0 Å². The number of carboxylic acid groups (broad SMARTS) is 1. The fourth-order valence-corrected chi connectivity index (χ4v) is 1.63. The van der Waals surface area contributed by atoms with Crippen molar-refractivity contribution < 1.29 is 14.3 Å². The largest absolute Gasteiger partial charge is 0.478 e. The highest BCUT2D eigenvalue weighted by molar-refractivity contribution is 5.88. The van der Waals surface area contributed by atoms with Crippen molar-refractivity contribution in [3.05, 3.63) is 35.4 Å². The number of hydrogen-bond donors (Lipinski definition) is 1. The fraction of sp³-hybridized carbons (Fsp3) is 0.333. The molecule has 100 valence electrons. The molecule has 19 heavy (non-hydrogen) atoms. The summed E-state index contributed by atoms with van der Waals surface area (Å²) in [4.78, 5) is 10.9. The Morgan fingerprint density at radius 3 is 2.63 bits per heavy atom. The molecular formula is C12H13FN4O2. The van der Waals surface area contributed by atoms with Crippen LogP contribution in [0.4, 0.5) is 4.39 Å². The quantitative estimate of drug-likeness (QED) is 0.894. The van der Waals surface area contributed by atoms with E-state index in [0.717, 1.165) is 6.07 Å². The minimum absolute atomic E-state index is 0.0215. The molecule has 2 rings (SSSR count). The summed E-state index contributed by atoms with van der Waals surface area (Å²) in [5, 5.41) is 20.1. The van der Waals surface area contributed by atoms with Crippen molar-refractivity contribution >= 4 is 5.97 Å². The number of aromatic nitrogens is 4. The van der Waals surface area contributed by atoms with Gasteiger partial charge >= 0.3 is 5.97 Å². The zero-order chi connectivity index (χ0) is 14.2. The number of carboxylic acids is 1. The lowest BCUT2D eigenvalue weighted by Gasteiger charge is -2.17. The summed E-state index contributed by atoms with van der Waals surface area (Å²) in [7, 11) is 0. The average molecular weight is 264 g/mol. The average Bonchev–Trinajstić information content (AvgIpc) is 2.77. The van der Waals surface area contributed by atoms with Gasteiger partial charge in [-0.2, -0.15) is 4.68 Å². The maximum absolute atomic E-state index is 13.9. The van der Waals surface area contributed by atoms with Gasteiger partial charge in [-0.1, -0.05) is 20.8 Å². The molecule has 0 fully saturated rings. The molecule has 2 aromatic rings. The zero-order valence-electron chi connectivity index (χ0n) is 10.8. The second-order valence-corrected chi connectivity index (χ2v) is 5.14. The molecule has 0 aliphatic carbocycles. The molecule has 1 N–H and O–H groups in total. The molecular weight excluding hydrogens is 251 g/mol. The summed E-state index contributed by atoms with van der Waals surface area (Å²) >= 11 is 0. The molecule has 0 spiro atoms. The molecule has 0 saturated heterocycles. The second kappa shape index (κ2) is 4.42. The first-order valence-corrected chi connectivity index (χ1v) is 5.63. The van der Waals surface area contributed by atoms with E-state index in [1.165, 1.54) is 16.8 Å². The molecule has 0 bridgehead atoms. The van der Waals surface area contributed by atoms with Gasteiger partial charge in [0.2, 0.25) is 0 Å². The Hall–Kier alpha value is -2.31. The van der Waals surface area contributed by atoms with Gasteiger partial charge < -0.3 is 5.11 Å². The van der Waals surface area contributed by atoms with Gasteiger partial charge in [0.15, 0.2) is 5.82 Å². The number of rotatable bonds is 2. The van der Waals surface area contributed by atoms with Gasteiger partial charge in [0.05, 0.1) is 5.56 Å². The summed E-state index contributed by atoms with van der Waals surface area (Å²) < 4.78 is 15.1. The SMILES string of the molecule is CC(C)(C)c1nnnn1-c1cc(C(=O)O)ccc1F. The summed E-state index contributed by atoms with van der Waals surface area (Å²) in [6.45, 7) is 5.65. The monoisotopic (exact) mass is 264 g/mol. The van der Waals surface area contributed by atoms with E-state index in [2.05, 4.69) is 15.5 Å². The molecule has 6 nitrogen and oxygen atoms in total. The van der Waals surface area contributed by atoms with E-state index in [-0.39, 0.29) is 11.3 Å². The van der Waals surface area contributed by atoms with E-state index in [1.54, 1.807) is 0 Å². The number of benzene rings is 1. The Bertz CT molecular complexity index is 631. The van der Waals surface area contributed by atoms with E-state index < -0.39 is 17.2 Å². The lowest BCUT2D eigenvalue weighted by atomic mass is 9.95. The maximum atomic E-state index is 13.9. The van der Waals surface area contributed by atoms with Crippen LogP contribution in [-0.2, 0) is 5.41 Å². The third-order valence-electron chi connectivity index (χ3n) is 2.56. The molecule has 0 amide bonds. The van der Waals surface area contributed by atoms with Crippen LogP contribution in [0.3, 0.4) is 0 Å². The predicted octanol–water partition coefficient (Wildman–Crippen LogP) is 1.80. The standard InChI is InChI=1S/C12H13FN4O2/c1-12(2,3)11-14-15-16-17(11)9-6-7(10(18)19)4-5-8(9)13/h4-6H,1-3H3,(H,18,19). The van der Waals surface area contributed by atoms with Crippen LogP contribution in [0.5, 0.6) is 0 Å². The van der Waals surface area contributed by atoms with Crippen molar-refractivity contribution in [3.8, 4) is 5.69 Å². The summed E-state index contributed by atoms with van der Waals surface area (Å²) in [6.07, 6.45) is 0. The smallest absolute Gasteiger partial charge is 0.335 e. The van der Waals surface area contributed by atoms with Gasteiger partial charge in [0.1, 0.15) is 11.5 Å². The van der Waals surface area contributed by atoms with E-state index in [4.69, 9.17) is 5.11 Å². The first-order valence-electron chi connectivity index (χ1n) is 5.63. The van der Waals surface area contributed by atoms with Crippen molar-refractivity contribution in [2.45, 2.75) is 26.2 Å². The number of halogens is 1. The van der Waals surface area contributed by atoms with Gasteiger partial charge in [-0.05, 0) is 28.6 Å². The number of nitrogens with zero attached hydrogens (tertiary/aromatic N) is 4. The van der Waals surface area contributed by atoms with Gasteiger partial charge in [0, 0.05) is 5.41 Å². The first kappa shape index (κ1) is 13.1. The number of carbonyl (C=O) groups is 1. The van der Waals surface area contributed by atoms with Crippen molar-refractivity contribution in [1.82, 2.24) is 20.2 Å². The lowest BCUT2D eigenvalue weighted by molar-refractivity contribution is 0.0697. The van der Waals surface area contributed by atoms with Crippen LogP contribution in [0, 0.1) is 5.82 Å². The number of aromatic carboxylic acids is 1. The van der Waals surface area contributed by atoms with Gasteiger partial charge in [-0.15, -0.1) is 5.10 Å². The molecule has 1 aromatic heterocycles. The maximum Gasteiger partial charge on any atom is 0.335 e. The molecule has 7 heteroatoms. The second-order valence-electron chi connectivity index (χ2n) is 5.14. The molecule has 0 aliphatic rings. The highest BCUT2D eigenvalue weighted by atomic mass is 19.1. The Labute approximate surface area is 108 Å². The number of hydrogen-bond acceptors (Lipinski definition) is 4. The van der Waals surface area contributed by atoms with Crippen molar-refractivity contribution in [2.24, 2.45) is 0 Å². The summed E-state index contributed by atoms with van der Waals surface area (Å²) in [5.74, 6) is -1.26. The normalized spacial score (nSPS) is 11.6. The van der Waals surface area contributed by atoms with E-state index in [0.29, 0.717) is 5.82 Å². The van der Waals surface area contributed by atoms with Crippen LogP contribution in [0.15, 0.2) is 18.2 Å². The van der Waals surface area contributed by atoms with Crippen molar-refractivity contribution in [2.75, 3.05) is 0 Å². The van der Waals surface area contributed by atoms with Crippen molar-refractivity contribution in [3.63, 3.8) is 0 Å². The van der Waals surface area contributed by atoms with Crippen LogP contribution in [0.2, 0.25) is 0 Å². The molecule has 0 radical (unpaired) electrons. The highest BCUT2D eigenvalue weighted by Crippen LogP contribution is 2.23. The minimum atomic E-state index is -1.13. The topological polar surface area (TPSA) is 80.9 Å². The summed E-state index contributed by atoms with van der Waals surface area (Å²) in [6, 6.07) is 3.50. The lowest BCUT2D eigenvalue weighted by Crippen LogP contribution is -2.19. The van der Waals surface area contributed by atoms with Gasteiger partial charge in [0.25, 0.3) is 0 Å². The molecule has 1 aromatic carbocycles. The Morgan fingerprint density at radius 2 is 2.05 bits per heavy atom. The molecule has 1 heterocycles. The Morgan fingerprint density at radius 1 is 1.37 bits per heavy atom. The minimum Gasteiger partial charge on any atom is -0.478 e. The van der Waals surface area contributed by atoms with Crippen LogP contribution in [-0.4, -0.2) is 31.3 Å². The summed E-state index contributed by atoms with van der Waals surface area (Å²) in [5.41, 5.74) is -0.392. The predicted molar refractivity (Wildman–Crippen MR) is 64.8 cm³/mol. The van der Waals surface area contributed by atoms with Crippen LogP contribution in [0.25, 0.3) is 5.69 Å². The van der Waals surface area contributed by atoms with Crippen LogP contribution < -0.4 is 0 Å². The molecule has 0 atom stereocenters. The molecule has 0 unspecified atom stereocenters. The van der Waals surface area contributed by atoms with E-state index >= 15 is 0 Å². The van der Waals surface area contributed by atoms with E-state index in [9.17, 15) is 9.18 Å². The fourth-order valence-electron chi connectivity index (χ4n) is 1.63. The van der Waals surface area contributed by atoms with Crippen LogP contribution >= 0.6 is 0 Å². The van der Waals surface area contributed by atoms with Crippen molar-refractivity contribution in [1.29, 1.82) is 0 Å². The van der Waals surface area contributed by atoms with Crippen LogP contribution in [0.1, 0.15) is 37.0 Å². The first-order chi connectivity index (χ1) is 8.80. The Kier molecular flexibility index (Phi) is 3.05. The van der Waals surface area contributed by atoms with E-state index in [1.807, 2.05) is 20.8 Å². The Balaban J connectivity index is 2.62. The third-order valence-corrected chi connectivity index (χ3v) is 2.56. The molecule has 0 aliphatic heterocycles.